The molecule has 0 unspecified atom stereocenters. The van der Waals surface area contributed by atoms with E-state index < -0.39 is 6.10 Å². The van der Waals surface area contributed by atoms with Crippen molar-refractivity contribution in [2.45, 2.75) is 39.2 Å². The lowest BCUT2D eigenvalue weighted by Gasteiger charge is -2.15. The standard InChI is InChI=1S/C18H22O2/c1-4-17(19)16-7-5-6-8-18(16)20-15-11-9-14(10-12-15)13(2)3/h5-13,17,19H,4H2,1-3H3/t17-/m1/s1. The van der Waals surface area contributed by atoms with E-state index >= 15 is 0 Å². The van der Waals surface area contributed by atoms with Gasteiger partial charge in [-0.1, -0.05) is 51.1 Å². The molecule has 0 aliphatic heterocycles. The second-order valence-electron chi connectivity index (χ2n) is 5.29. The van der Waals surface area contributed by atoms with E-state index in [9.17, 15) is 5.11 Å². The zero-order valence-electron chi connectivity index (χ0n) is 12.3. The highest BCUT2D eigenvalue weighted by molar-refractivity contribution is 5.40. The summed E-state index contributed by atoms with van der Waals surface area (Å²) in [5.41, 5.74) is 2.13. The van der Waals surface area contributed by atoms with Crippen LogP contribution in [-0.2, 0) is 0 Å². The fourth-order valence-electron chi connectivity index (χ4n) is 2.12. The molecule has 0 aliphatic carbocycles. The second kappa shape index (κ2) is 6.58. The monoisotopic (exact) mass is 270 g/mol. The number of rotatable bonds is 5. The van der Waals surface area contributed by atoms with Crippen LogP contribution in [0, 0.1) is 0 Å². The Kier molecular flexibility index (Phi) is 4.80. The van der Waals surface area contributed by atoms with Gasteiger partial charge in [0.15, 0.2) is 0 Å². The van der Waals surface area contributed by atoms with Crippen molar-refractivity contribution in [3.63, 3.8) is 0 Å². The van der Waals surface area contributed by atoms with Gasteiger partial charge in [-0.2, -0.15) is 0 Å². The van der Waals surface area contributed by atoms with E-state index in [1.165, 1.54) is 5.56 Å². The molecule has 0 radical (unpaired) electrons. The van der Waals surface area contributed by atoms with Gasteiger partial charge < -0.3 is 9.84 Å². The Balaban J connectivity index is 2.21. The van der Waals surface area contributed by atoms with Crippen molar-refractivity contribution in [3.8, 4) is 11.5 Å². The van der Waals surface area contributed by atoms with Crippen LogP contribution in [0.2, 0.25) is 0 Å². The molecule has 0 spiro atoms. The van der Waals surface area contributed by atoms with Crippen molar-refractivity contribution in [3.05, 3.63) is 59.7 Å². The molecule has 0 amide bonds. The van der Waals surface area contributed by atoms with E-state index in [-0.39, 0.29) is 0 Å². The van der Waals surface area contributed by atoms with Gasteiger partial charge in [0.1, 0.15) is 11.5 Å². The highest BCUT2D eigenvalue weighted by atomic mass is 16.5. The highest BCUT2D eigenvalue weighted by Crippen LogP contribution is 2.31. The maximum Gasteiger partial charge on any atom is 0.133 e. The smallest absolute Gasteiger partial charge is 0.133 e. The number of hydrogen-bond acceptors (Lipinski definition) is 2. The maximum atomic E-state index is 10.0. The van der Waals surface area contributed by atoms with Crippen molar-refractivity contribution in [1.29, 1.82) is 0 Å². The third kappa shape index (κ3) is 3.40. The Morgan fingerprint density at radius 2 is 1.65 bits per heavy atom. The normalized spacial score (nSPS) is 12.4. The first-order valence-corrected chi connectivity index (χ1v) is 7.16. The molecule has 0 heterocycles. The zero-order valence-corrected chi connectivity index (χ0v) is 12.3. The number of hydrogen-bond donors (Lipinski definition) is 1. The molecule has 2 aromatic rings. The van der Waals surface area contributed by atoms with Gasteiger partial charge in [-0.3, -0.25) is 0 Å². The minimum Gasteiger partial charge on any atom is -0.457 e. The van der Waals surface area contributed by atoms with Gasteiger partial charge in [-0.15, -0.1) is 0 Å². The summed E-state index contributed by atoms with van der Waals surface area (Å²) in [5, 5.41) is 10.0. The van der Waals surface area contributed by atoms with Crippen LogP contribution in [0.15, 0.2) is 48.5 Å². The maximum absolute atomic E-state index is 10.0. The molecule has 2 nitrogen and oxygen atoms in total. The summed E-state index contributed by atoms with van der Waals surface area (Å²) in [6.45, 7) is 6.30. The van der Waals surface area contributed by atoms with Crippen LogP contribution >= 0.6 is 0 Å². The predicted molar refractivity (Wildman–Crippen MR) is 82.3 cm³/mol. The lowest BCUT2D eigenvalue weighted by molar-refractivity contribution is 0.170. The third-order valence-corrected chi connectivity index (χ3v) is 3.44. The van der Waals surface area contributed by atoms with Gasteiger partial charge in [0.05, 0.1) is 6.10 Å². The van der Waals surface area contributed by atoms with Crippen LogP contribution in [0.25, 0.3) is 0 Å². The van der Waals surface area contributed by atoms with Gasteiger partial charge >= 0.3 is 0 Å². The second-order valence-corrected chi connectivity index (χ2v) is 5.29. The van der Waals surface area contributed by atoms with Crippen LogP contribution in [0.4, 0.5) is 0 Å². The molecular weight excluding hydrogens is 248 g/mol. The first-order valence-electron chi connectivity index (χ1n) is 7.16. The topological polar surface area (TPSA) is 29.5 Å². The van der Waals surface area contributed by atoms with E-state index in [0.29, 0.717) is 12.3 Å². The van der Waals surface area contributed by atoms with E-state index in [4.69, 9.17) is 4.74 Å². The van der Waals surface area contributed by atoms with Crippen molar-refractivity contribution in [2.24, 2.45) is 0 Å². The quantitative estimate of drug-likeness (QED) is 0.824. The summed E-state index contributed by atoms with van der Waals surface area (Å²) in [6, 6.07) is 15.8. The third-order valence-electron chi connectivity index (χ3n) is 3.44. The van der Waals surface area contributed by atoms with Gasteiger partial charge in [0.25, 0.3) is 0 Å². The molecule has 0 aliphatic rings. The van der Waals surface area contributed by atoms with Gasteiger partial charge in [0, 0.05) is 5.56 Å². The van der Waals surface area contributed by atoms with Gasteiger partial charge in [-0.25, -0.2) is 0 Å². The van der Waals surface area contributed by atoms with Crippen molar-refractivity contribution >= 4 is 0 Å². The zero-order chi connectivity index (χ0) is 14.5. The van der Waals surface area contributed by atoms with Crippen molar-refractivity contribution in [1.82, 2.24) is 0 Å². The average Bonchev–Trinajstić information content (AvgIpc) is 2.47. The lowest BCUT2D eigenvalue weighted by Crippen LogP contribution is -1.98. The molecule has 1 atom stereocenters. The molecule has 20 heavy (non-hydrogen) atoms. The predicted octanol–water partition coefficient (Wildman–Crippen LogP) is 5.05. The van der Waals surface area contributed by atoms with E-state index in [2.05, 4.69) is 26.0 Å². The average molecular weight is 270 g/mol. The highest BCUT2D eigenvalue weighted by Gasteiger charge is 2.11. The molecule has 0 saturated carbocycles. The first kappa shape index (κ1) is 14.6. The van der Waals surface area contributed by atoms with Gasteiger partial charge in [0.2, 0.25) is 0 Å². The Morgan fingerprint density at radius 3 is 2.25 bits per heavy atom. The number of benzene rings is 2. The van der Waals surface area contributed by atoms with E-state index in [1.807, 2.05) is 43.3 Å². The molecule has 2 rings (SSSR count). The molecular formula is C18H22O2. The molecule has 0 bridgehead atoms. The Hall–Kier alpha value is -1.80. The Morgan fingerprint density at radius 1 is 1.00 bits per heavy atom. The summed E-state index contributed by atoms with van der Waals surface area (Å²) in [5.74, 6) is 2.03. The lowest BCUT2D eigenvalue weighted by atomic mass is 10.0. The van der Waals surface area contributed by atoms with Crippen molar-refractivity contribution < 1.29 is 9.84 Å². The van der Waals surface area contributed by atoms with Crippen molar-refractivity contribution in [2.75, 3.05) is 0 Å². The largest absolute Gasteiger partial charge is 0.457 e. The van der Waals surface area contributed by atoms with Crippen LogP contribution in [0.1, 0.15) is 50.3 Å². The molecule has 0 fully saturated rings. The molecule has 0 aromatic heterocycles. The van der Waals surface area contributed by atoms with Gasteiger partial charge in [-0.05, 0) is 36.1 Å². The van der Waals surface area contributed by atoms with Crippen LogP contribution in [0.3, 0.4) is 0 Å². The number of ether oxygens (including phenoxy) is 1. The van der Waals surface area contributed by atoms with Crippen LogP contribution < -0.4 is 4.74 Å². The minimum absolute atomic E-state index is 0.485. The summed E-state index contributed by atoms with van der Waals surface area (Å²) in [7, 11) is 0. The molecule has 0 saturated heterocycles. The summed E-state index contributed by atoms with van der Waals surface area (Å²) in [6.07, 6.45) is 0.188. The number of aliphatic hydroxyl groups excluding tert-OH is 1. The molecule has 1 N–H and O–H groups in total. The Bertz CT molecular complexity index is 544. The minimum atomic E-state index is -0.485. The molecule has 106 valence electrons. The molecule has 2 aromatic carbocycles. The fourth-order valence-corrected chi connectivity index (χ4v) is 2.12. The SMILES string of the molecule is CC[C@@H](O)c1ccccc1Oc1ccc(C(C)C)cc1. The van der Waals surface area contributed by atoms with Crippen LogP contribution in [0.5, 0.6) is 11.5 Å². The fraction of sp³-hybridized carbons (Fsp3) is 0.333. The van der Waals surface area contributed by atoms with Crippen LogP contribution in [-0.4, -0.2) is 5.11 Å². The molecule has 2 heteroatoms. The summed E-state index contributed by atoms with van der Waals surface area (Å²) in [4.78, 5) is 0. The first-order chi connectivity index (χ1) is 9.61. The number of aliphatic hydroxyl groups is 1. The number of para-hydroxylation sites is 1. The summed E-state index contributed by atoms with van der Waals surface area (Å²) < 4.78 is 5.91. The summed E-state index contributed by atoms with van der Waals surface area (Å²) >= 11 is 0. The Labute approximate surface area is 121 Å². The van der Waals surface area contributed by atoms with E-state index in [1.54, 1.807) is 0 Å². The van der Waals surface area contributed by atoms with E-state index in [0.717, 1.165) is 17.1 Å².